The van der Waals surface area contributed by atoms with E-state index in [2.05, 4.69) is 10.6 Å². The number of β-lactam (4-membered cyclic amide) rings is 1. The van der Waals surface area contributed by atoms with Gasteiger partial charge in [-0.25, -0.2) is 4.79 Å². The van der Waals surface area contributed by atoms with Crippen molar-refractivity contribution in [3.8, 4) is 0 Å². The monoisotopic (exact) mass is 421 g/mol. The summed E-state index contributed by atoms with van der Waals surface area (Å²) in [7, 11) is 0. The Hall–Kier alpha value is -2.13. The van der Waals surface area contributed by atoms with Gasteiger partial charge in [0.05, 0.1) is 0 Å². The number of rotatable bonds is 8. The number of carbonyl (C=O) groups is 3. The molecule has 0 aromatic heterocycles. The molecule has 7 nitrogen and oxygen atoms in total. The number of anilines is 1. The van der Waals surface area contributed by atoms with Gasteiger partial charge in [-0.3, -0.25) is 14.5 Å². The van der Waals surface area contributed by atoms with Crippen molar-refractivity contribution in [3.05, 3.63) is 35.5 Å². The van der Waals surface area contributed by atoms with Gasteiger partial charge in [0.2, 0.25) is 5.91 Å². The van der Waals surface area contributed by atoms with Crippen LogP contribution in [0.15, 0.2) is 40.4 Å². The summed E-state index contributed by atoms with van der Waals surface area (Å²) >= 11 is 3.05. The van der Waals surface area contributed by atoms with Crippen molar-refractivity contribution < 1.29 is 19.5 Å². The summed E-state index contributed by atoms with van der Waals surface area (Å²) in [6.45, 7) is 4.60. The topological polar surface area (TPSA) is 98.7 Å². The van der Waals surface area contributed by atoms with E-state index in [1.165, 1.54) is 16.7 Å². The number of amides is 2. The molecule has 0 radical (unpaired) electrons. The van der Waals surface area contributed by atoms with E-state index in [4.69, 9.17) is 0 Å². The van der Waals surface area contributed by atoms with Crippen molar-refractivity contribution in [2.45, 2.75) is 36.6 Å². The van der Waals surface area contributed by atoms with E-state index in [0.717, 1.165) is 22.7 Å². The second-order valence-corrected chi connectivity index (χ2v) is 8.56. The molecule has 1 fully saturated rings. The summed E-state index contributed by atoms with van der Waals surface area (Å²) in [5, 5.41) is 15.3. The average Bonchev–Trinajstić information content (AvgIpc) is 2.70. The molecule has 2 heterocycles. The molecular formula is C19H23N3O4S2. The van der Waals surface area contributed by atoms with Crippen LogP contribution in [0.2, 0.25) is 0 Å². The lowest BCUT2D eigenvalue weighted by Crippen LogP contribution is -2.70. The Morgan fingerprint density at radius 2 is 2.00 bits per heavy atom. The number of hydrogen-bond donors (Lipinski definition) is 3. The van der Waals surface area contributed by atoms with E-state index in [0.29, 0.717) is 11.5 Å². The first kappa shape index (κ1) is 20.6. The molecule has 2 aliphatic rings. The van der Waals surface area contributed by atoms with Gasteiger partial charge < -0.3 is 15.7 Å². The molecule has 28 heavy (non-hydrogen) atoms. The van der Waals surface area contributed by atoms with Gasteiger partial charge in [-0.1, -0.05) is 6.92 Å². The number of benzene rings is 1. The number of nitrogens with zero attached hydrogens (tertiary/aromatic N) is 1. The molecule has 0 spiro atoms. The zero-order chi connectivity index (χ0) is 20.3. The van der Waals surface area contributed by atoms with Gasteiger partial charge in [-0.15, -0.1) is 23.5 Å². The van der Waals surface area contributed by atoms with E-state index in [-0.39, 0.29) is 29.3 Å². The number of carboxylic acid groups (broad SMARTS) is 1. The Kier molecular flexibility index (Phi) is 6.56. The quantitative estimate of drug-likeness (QED) is 0.438. The predicted octanol–water partition coefficient (Wildman–Crippen LogP) is 2.36. The number of fused-ring (bicyclic) bond motifs is 1. The third-order valence-corrected chi connectivity index (χ3v) is 6.97. The minimum Gasteiger partial charge on any atom is -0.477 e. The number of aliphatic carboxylic acids is 1. The first-order valence-electron chi connectivity index (χ1n) is 9.12. The summed E-state index contributed by atoms with van der Waals surface area (Å²) in [6.07, 6.45) is 0.289. The summed E-state index contributed by atoms with van der Waals surface area (Å²) in [6, 6.07) is 7.33. The Bertz CT molecular complexity index is 810. The molecule has 3 N–H and O–H groups in total. The average molecular weight is 422 g/mol. The van der Waals surface area contributed by atoms with Crippen LogP contribution >= 0.6 is 23.5 Å². The van der Waals surface area contributed by atoms with Gasteiger partial charge in [0.25, 0.3) is 5.91 Å². The van der Waals surface area contributed by atoms with E-state index in [1.54, 1.807) is 18.7 Å². The minimum absolute atomic E-state index is 0.0625. The van der Waals surface area contributed by atoms with Gasteiger partial charge >= 0.3 is 5.97 Å². The van der Waals surface area contributed by atoms with E-state index < -0.39 is 12.0 Å². The number of hydrogen-bond acceptors (Lipinski definition) is 6. The van der Waals surface area contributed by atoms with Crippen LogP contribution in [0.25, 0.3) is 0 Å². The molecule has 0 bridgehead atoms. The highest BCUT2D eigenvalue weighted by atomic mass is 32.2. The number of thioether (sulfide) groups is 2. The van der Waals surface area contributed by atoms with Crippen molar-refractivity contribution in [1.29, 1.82) is 0 Å². The summed E-state index contributed by atoms with van der Waals surface area (Å²) in [4.78, 5) is 38.3. The highest BCUT2D eigenvalue weighted by molar-refractivity contribution is 8.01. The van der Waals surface area contributed by atoms with Gasteiger partial charge in [-0.2, -0.15) is 0 Å². The second kappa shape index (κ2) is 8.91. The van der Waals surface area contributed by atoms with Crippen LogP contribution in [-0.4, -0.2) is 57.3 Å². The Labute approximate surface area is 172 Å². The van der Waals surface area contributed by atoms with Crippen LogP contribution in [-0.2, 0) is 14.4 Å². The van der Waals surface area contributed by atoms with Crippen molar-refractivity contribution >= 4 is 47.0 Å². The van der Waals surface area contributed by atoms with Crippen LogP contribution in [0, 0.1) is 0 Å². The van der Waals surface area contributed by atoms with Crippen molar-refractivity contribution in [2.24, 2.45) is 0 Å². The minimum atomic E-state index is -1.10. The normalized spacial score (nSPS) is 21.1. The third kappa shape index (κ3) is 4.15. The fourth-order valence-electron chi connectivity index (χ4n) is 3.11. The lowest BCUT2D eigenvalue weighted by molar-refractivity contribution is -0.150. The van der Waals surface area contributed by atoms with Gasteiger partial charge in [0.15, 0.2) is 0 Å². The highest BCUT2D eigenvalue weighted by Gasteiger charge is 2.53. The maximum absolute atomic E-state index is 12.5. The molecule has 1 aromatic carbocycles. The molecule has 3 rings (SSSR count). The van der Waals surface area contributed by atoms with Crippen LogP contribution in [0.4, 0.5) is 5.69 Å². The lowest BCUT2D eigenvalue weighted by atomic mass is 10.0. The first-order chi connectivity index (χ1) is 13.5. The molecule has 9 heteroatoms. The maximum atomic E-state index is 12.5. The summed E-state index contributed by atoms with van der Waals surface area (Å²) in [5.74, 6) is -0.637. The molecule has 0 saturated carbocycles. The van der Waals surface area contributed by atoms with Crippen molar-refractivity contribution in [2.75, 3.05) is 23.4 Å². The van der Waals surface area contributed by atoms with E-state index >= 15 is 0 Å². The fourth-order valence-corrected chi connectivity index (χ4v) is 5.50. The van der Waals surface area contributed by atoms with Crippen LogP contribution in [0.3, 0.4) is 0 Å². The third-order valence-electron chi connectivity index (χ3n) is 4.54. The predicted molar refractivity (Wildman–Crippen MR) is 111 cm³/mol. The fraction of sp³-hybridized carbons (Fsp3) is 0.421. The van der Waals surface area contributed by atoms with Crippen LogP contribution in [0.5, 0.6) is 0 Å². The molecule has 0 aliphatic carbocycles. The Morgan fingerprint density at radius 3 is 2.61 bits per heavy atom. The summed E-state index contributed by atoms with van der Waals surface area (Å²) in [5.41, 5.74) is 1.83. The largest absolute Gasteiger partial charge is 0.477 e. The summed E-state index contributed by atoms with van der Waals surface area (Å²) < 4.78 is 0. The molecule has 2 atom stereocenters. The molecule has 150 valence electrons. The van der Waals surface area contributed by atoms with Gasteiger partial charge in [0, 0.05) is 35.1 Å². The molecule has 1 aromatic rings. The van der Waals surface area contributed by atoms with E-state index in [1.807, 2.05) is 31.2 Å². The number of carbonyl (C=O) groups excluding carboxylic acids is 2. The molecule has 1 saturated heterocycles. The second-order valence-electron chi connectivity index (χ2n) is 6.41. The standard InChI is InChI=1S/C19H23N3O4S2/c1-3-14(23)21-15-17(24)22-16(19(25)26)11(10-28-18(15)22)9-27-13-7-5-12(6-8-13)20-4-2/h5-8,15,18,20H,3-4,9-10H2,1-2H3,(H,21,23)(H,25,26). The van der Waals surface area contributed by atoms with Crippen molar-refractivity contribution in [3.63, 3.8) is 0 Å². The Balaban J connectivity index is 1.71. The first-order valence-corrected chi connectivity index (χ1v) is 11.2. The highest BCUT2D eigenvalue weighted by Crippen LogP contribution is 2.41. The van der Waals surface area contributed by atoms with Crippen LogP contribution in [0.1, 0.15) is 20.3 Å². The number of carboxylic acids is 1. The number of nitrogens with one attached hydrogen (secondary N) is 2. The SMILES string of the molecule is CCNc1ccc(SCC2=C(C(=O)O)N3C(=O)C(NC(=O)CC)C3SC2)cc1. The molecule has 2 unspecified atom stereocenters. The van der Waals surface area contributed by atoms with Gasteiger partial charge in [0.1, 0.15) is 17.1 Å². The van der Waals surface area contributed by atoms with E-state index in [9.17, 15) is 19.5 Å². The lowest BCUT2D eigenvalue weighted by Gasteiger charge is -2.49. The Morgan fingerprint density at radius 1 is 1.29 bits per heavy atom. The molecule has 2 amide bonds. The molecule has 2 aliphatic heterocycles. The maximum Gasteiger partial charge on any atom is 0.352 e. The zero-order valence-electron chi connectivity index (χ0n) is 15.7. The van der Waals surface area contributed by atoms with Gasteiger partial charge in [-0.05, 0) is 36.8 Å². The van der Waals surface area contributed by atoms with Crippen molar-refractivity contribution in [1.82, 2.24) is 10.2 Å². The van der Waals surface area contributed by atoms with Crippen LogP contribution < -0.4 is 10.6 Å². The zero-order valence-corrected chi connectivity index (χ0v) is 17.4. The smallest absolute Gasteiger partial charge is 0.352 e. The molecular weight excluding hydrogens is 398 g/mol.